The van der Waals surface area contributed by atoms with Crippen molar-refractivity contribution >= 4 is 12.4 Å². The number of carboxylic acid groups (broad SMARTS) is 1. The van der Waals surface area contributed by atoms with Gasteiger partial charge in [0, 0.05) is 11.2 Å². The fourth-order valence-electron chi connectivity index (χ4n) is 0.155. The Labute approximate surface area is 41.3 Å². The summed E-state index contributed by atoms with van der Waals surface area (Å²) in [5, 5.41) is 7.79. The quantitative estimate of drug-likeness (QED) is 0.394. The van der Waals surface area contributed by atoms with Gasteiger partial charge in [-0.15, -0.1) is 0 Å². The molecule has 7 heavy (non-hydrogen) atoms. The zero-order valence-electron chi connectivity index (χ0n) is 4.05. The lowest BCUT2D eigenvalue weighted by molar-refractivity contribution is -0.359. The molecule has 0 heterocycles. The van der Waals surface area contributed by atoms with Crippen molar-refractivity contribution < 1.29 is 14.3 Å². The highest BCUT2D eigenvalue weighted by atomic mass is 16.6. The molecule has 3 nitrogen and oxygen atoms in total. The van der Waals surface area contributed by atoms with Gasteiger partial charge in [-0.05, 0) is 0 Å². The van der Waals surface area contributed by atoms with Crippen molar-refractivity contribution in [1.82, 2.24) is 0 Å². The number of rotatable bonds is 1. The van der Waals surface area contributed by atoms with E-state index < -0.39 is 6.16 Å². The highest BCUT2D eigenvalue weighted by molar-refractivity contribution is 5.60. The molecule has 0 aliphatic carbocycles. The van der Waals surface area contributed by atoms with Crippen molar-refractivity contribution in [3.63, 3.8) is 0 Å². The maximum absolute atomic E-state index is 9.50. The van der Waals surface area contributed by atoms with Crippen molar-refractivity contribution in [3.8, 4) is 0 Å². The van der Waals surface area contributed by atoms with Crippen molar-refractivity contribution in [2.24, 2.45) is 0 Å². The van der Waals surface area contributed by atoms with Crippen LogP contribution in [-0.4, -0.2) is 17.5 Å². The minimum atomic E-state index is -1.25. The monoisotopic (exact) mass is 103 g/mol. The predicted molar refractivity (Wildman–Crippen MR) is 24.4 cm³/mol. The number of carbonyl (C=O) groups excluding carboxylic acids is 1. The van der Waals surface area contributed by atoms with E-state index in [2.05, 4.69) is 4.42 Å². The first-order chi connectivity index (χ1) is 3.27. The molecule has 0 saturated heterocycles. The van der Waals surface area contributed by atoms with Gasteiger partial charge in [-0.2, -0.15) is 0 Å². The van der Waals surface area contributed by atoms with E-state index in [9.17, 15) is 4.79 Å². The second-order valence-electron chi connectivity index (χ2n) is 0.959. The highest BCUT2D eigenvalue weighted by Crippen LogP contribution is 1.63. The molecular weight excluding hydrogens is 96.0 g/mol. The molecular formula is C4H7O3+. The van der Waals surface area contributed by atoms with E-state index in [4.69, 9.17) is 5.11 Å². The molecule has 0 aromatic carbocycles. The molecule has 0 radical (unpaired) electrons. The second-order valence-corrected chi connectivity index (χ2v) is 0.959. The van der Waals surface area contributed by atoms with E-state index in [0.29, 0.717) is 6.42 Å². The Morgan fingerprint density at radius 2 is 2.57 bits per heavy atom. The van der Waals surface area contributed by atoms with Crippen molar-refractivity contribution in [2.45, 2.75) is 13.3 Å². The van der Waals surface area contributed by atoms with Crippen molar-refractivity contribution in [1.29, 1.82) is 0 Å². The van der Waals surface area contributed by atoms with Gasteiger partial charge in [-0.3, -0.25) is 4.42 Å². The summed E-state index contributed by atoms with van der Waals surface area (Å²) in [6.45, 7) is 1.79. The third kappa shape index (κ3) is 5.14. The molecule has 0 unspecified atom stereocenters. The van der Waals surface area contributed by atoms with Gasteiger partial charge in [-0.1, -0.05) is 6.92 Å². The Bertz CT molecular complexity index is 84.9. The average Bonchev–Trinajstić information content (AvgIpc) is 1.61. The van der Waals surface area contributed by atoms with Crippen LogP contribution in [0.3, 0.4) is 0 Å². The molecule has 0 bridgehead atoms. The van der Waals surface area contributed by atoms with Gasteiger partial charge >= 0.3 is 6.16 Å². The summed E-state index contributed by atoms with van der Waals surface area (Å²) in [6, 6.07) is 0. The topological polar surface area (TPSA) is 48.6 Å². The lowest BCUT2D eigenvalue weighted by Gasteiger charge is -1.64. The number of hydrogen-bond acceptors (Lipinski definition) is 1. The van der Waals surface area contributed by atoms with Crippen LogP contribution in [0.15, 0.2) is 0 Å². The van der Waals surface area contributed by atoms with Gasteiger partial charge in [0.15, 0.2) is 6.29 Å². The smallest absolute Gasteiger partial charge is 0.332 e. The van der Waals surface area contributed by atoms with E-state index in [1.165, 1.54) is 6.29 Å². The van der Waals surface area contributed by atoms with Gasteiger partial charge in [0.25, 0.3) is 0 Å². The first-order valence-electron chi connectivity index (χ1n) is 1.98. The Hall–Kier alpha value is -0.860. The van der Waals surface area contributed by atoms with E-state index in [1.54, 1.807) is 6.92 Å². The Morgan fingerprint density at radius 3 is 2.71 bits per heavy atom. The van der Waals surface area contributed by atoms with Gasteiger partial charge in [-0.25, -0.2) is 0 Å². The fraction of sp³-hybridized carbons (Fsp3) is 0.500. The molecule has 0 atom stereocenters. The van der Waals surface area contributed by atoms with Gasteiger partial charge in [0.2, 0.25) is 0 Å². The molecule has 0 fully saturated rings. The summed E-state index contributed by atoms with van der Waals surface area (Å²) >= 11 is 0. The highest BCUT2D eigenvalue weighted by Gasteiger charge is 2.00. The molecule has 0 spiro atoms. The van der Waals surface area contributed by atoms with Crippen LogP contribution in [-0.2, 0) is 4.42 Å². The standard InChI is InChI=1S/C4H6O3/c1-2-3-7-4(5)6/h3H,2H2,1H3/p+1. The molecule has 0 rings (SSSR count). The van der Waals surface area contributed by atoms with Crippen LogP contribution in [0.5, 0.6) is 0 Å². The van der Waals surface area contributed by atoms with E-state index in [1.807, 2.05) is 0 Å². The van der Waals surface area contributed by atoms with Gasteiger partial charge in [0.05, 0.1) is 0 Å². The summed E-state index contributed by atoms with van der Waals surface area (Å²) in [5.74, 6) is 0. The number of carbonyl (C=O) groups is 1. The van der Waals surface area contributed by atoms with Crippen LogP contribution in [0.1, 0.15) is 13.3 Å². The minimum Gasteiger partial charge on any atom is -0.332 e. The summed E-state index contributed by atoms with van der Waals surface area (Å²) in [6.07, 6.45) is 0.594. The molecule has 3 heteroatoms. The lowest BCUT2D eigenvalue weighted by atomic mass is 10.6. The molecule has 40 valence electrons. The number of aldehydes is 1. The van der Waals surface area contributed by atoms with Crippen molar-refractivity contribution in [2.75, 3.05) is 0 Å². The Morgan fingerprint density at radius 1 is 2.00 bits per heavy atom. The molecule has 0 aromatic heterocycles. The third-order valence-electron chi connectivity index (χ3n) is 0.351. The van der Waals surface area contributed by atoms with E-state index >= 15 is 0 Å². The first-order valence-corrected chi connectivity index (χ1v) is 1.98. The molecule has 0 aromatic rings. The van der Waals surface area contributed by atoms with Crippen LogP contribution in [0.25, 0.3) is 0 Å². The third-order valence-corrected chi connectivity index (χ3v) is 0.351. The second kappa shape index (κ2) is 3.33. The zero-order chi connectivity index (χ0) is 5.70. The predicted octanol–water partition coefficient (Wildman–Crippen LogP) is 0.809. The molecule has 0 saturated carbocycles. The molecule has 0 aliphatic rings. The van der Waals surface area contributed by atoms with Crippen LogP contribution >= 0.6 is 0 Å². The molecule has 0 amide bonds. The van der Waals surface area contributed by atoms with E-state index in [-0.39, 0.29) is 0 Å². The normalized spacial score (nSPS) is 9.86. The van der Waals surface area contributed by atoms with Crippen molar-refractivity contribution in [3.05, 3.63) is 0 Å². The lowest BCUT2D eigenvalue weighted by Crippen LogP contribution is -1.91. The van der Waals surface area contributed by atoms with Crippen LogP contribution in [0.2, 0.25) is 0 Å². The average molecular weight is 103 g/mol. The summed E-state index contributed by atoms with van der Waals surface area (Å²) in [5.41, 5.74) is 0. The fourth-order valence-corrected chi connectivity index (χ4v) is 0.155. The number of hydrogen-bond donors (Lipinski definition) is 1. The summed E-state index contributed by atoms with van der Waals surface area (Å²) < 4.78 is 3.98. The largest absolute Gasteiger partial charge is 0.780 e. The van der Waals surface area contributed by atoms with Gasteiger partial charge < -0.3 is 5.11 Å². The maximum Gasteiger partial charge on any atom is 0.780 e. The Kier molecular flexibility index (Phi) is 2.92. The first kappa shape index (κ1) is 6.14. The SMILES string of the molecule is CCC=[O+]C(=O)O. The molecule has 0 aliphatic heterocycles. The zero-order valence-corrected chi connectivity index (χ0v) is 4.05. The maximum atomic E-state index is 9.50. The van der Waals surface area contributed by atoms with Crippen LogP contribution < -0.4 is 0 Å². The summed E-state index contributed by atoms with van der Waals surface area (Å²) in [7, 11) is 0. The molecule has 1 N–H and O–H groups in total. The van der Waals surface area contributed by atoms with E-state index in [0.717, 1.165) is 0 Å². The Balaban J connectivity index is 3.26. The van der Waals surface area contributed by atoms with Gasteiger partial charge in [0.1, 0.15) is 0 Å². The summed E-state index contributed by atoms with van der Waals surface area (Å²) in [4.78, 5) is 9.50. The minimum absolute atomic E-state index is 0.617. The van der Waals surface area contributed by atoms with Crippen LogP contribution in [0.4, 0.5) is 4.79 Å². The van der Waals surface area contributed by atoms with Crippen LogP contribution in [0, 0.1) is 0 Å².